The van der Waals surface area contributed by atoms with Crippen LogP contribution in [-0.4, -0.2) is 34.4 Å². The second-order valence-corrected chi connectivity index (χ2v) is 9.34. The van der Waals surface area contributed by atoms with Gasteiger partial charge in [0.1, 0.15) is 6.10 Å². The molecule has 5 heteroatoms. The van der Waals surface area contributed by atoms with Gasteiger partial charge in [-0.25, -0.2) is 0 Å². The Morgan fingerprint density at radius 2 is 1.74 bits per heavy atom. The van der Waals surface area contributed by atoms with E-state index in [2.05, 4.69) is 5.32 Å². The molecule has 0 aromatic heterocycles. The maximum Gasteiger partial charge on any atom is 0.196 e. The number of rotatable bonds is 0. The lowest BCUT2D eigenvalue weighted by Crippen LogP contribution is -2.59. The molecule has 3 aromatic rings. The van der Waals surface area contributed by atoms with Crippen molar-refractivity contribution in [2.45, 2.75) is 51.0 Å². The molecule has 0 radical (unpaired) electrons. The minimum atomic E-state index is -0.721. The van der Waals surface area contributed by atoms with Crippen molar-refractivity contribution in [3.8, 4) is 0 Å². The SMILES string of the molecule is Cc1ccc2c3c(ccc2c1)C(=O)c1c(ccc2c1N[C@]1(C)CC2O[C@@H](C)[C@@H]1O)C3=O. The van der Waals surface area contributed by atoms with Gasteiger partial charge in [-0.3, -0.25) is 9.59 Å². The summed E-state index contributed by atoms with van der Waals surface area (Å²) in [6, 6.07) is 13.2. The molecule has 1 saturated heterocycles. The molecule has 3 aromatic carbocycles. The second-order valence-electron chi connectivity index (χ2n) is 9.34. The van der Waals surface area contributed by atoms with Gasteiger partial charge in [-0.1, -0.05) is 35.9 Å². The van der Waals surface area contributed by atoms with Crippen LogP contribution in [0.4, 0.5) is 5.69 Å². The lowest BCUT2D eigenvalue weighted by Gasteiger charge is -2.51. The van der Waals surface area contributed by atoms with Crippen LogP contribution in [0.3, 0.4) is 0 Å². The van der Waals surface area contributed by atoms with Crippen LogP contribution in [0, 0.1) is 6.92 Å². The highest BCUT2D eigenvalue weighted by Gasteiger charge is 2.50. The van der Waals surface area contributed by atoms with Crippen LogP contribution in [0.25, 0.3) is 10.8 Å². The van der Waals surface area contributed by atoms with E-state index >= 15 is 0 Å². The Morgan fingerprint density at radius 1 is 1.03 bits per heavy atom. The molecule has 31 heavy (non-hydrogen) atoms. The molecule has 2 heterocycles. The second kappa shape index (κ2) is 6.02. The highest BCUT2D eigenvalue weighted by atomic mass is 16.5. The highest BCUT2D eigenvalue weighted by Crippen LogP contribution is 2.49. The Kier molecular flexibility index (Phi) is 3.64. The Morgan fingerprint density at radius 3 is 2.55 bits per heavy atom. The van der Waals surface area contributed by atoms with E-state index in [1.54, 1.807) is 12.1 Å². The number of aliphatic hydroxyl groups excluding tert-OH is 1. The largest absolute Gasteiger partial charge is 0.388 e. The first-order chi connectivity index (χ1) is 14.8. The molecule has 5 nitrogen and oxygen atoms in total. The molecule has 2 aliphatic heterocycles. The Balaban J connectivity index is 1.59. The summed E-state index contributed by atoms with van der Waals surface area (Å²) in [5, 5.41) is 15.9. The molecule has 1 fully saturated rings. The third-order valence-corrected chi connectivity index (χ3v) is 7.20. The third kappa shape index (κ3) is 2.39. The van der Waals surface area contributed by atoms with Crippen LogP contribution in [-0.2, 0) is 4.74 Å². The van der Waals surface area contributed by atoms with Crippen molar-refractivity contribution in [2.24, 2.45) is 0 Å². The van der Waals surface area contributed by atoms with E-state index in [9.17, 15) is 14.7 Å². The number of aliphatic hydroxyl groups is 1. The van der Waals surface area contributed by atoms with Gasteiger partial charge >= 0.3 is 0 Å². The fourth-order valence-electron chi connectivity index (χ4n) is 5.60. The van der Waals surface area contributed by atoms with Crippen molar-refractivity contribution in [3.05, 3.63) is 75.8 Å². The lowest BCUT2D eigenvalue weighted by atomic mass is 9.73. The number of nitrogens with one attached hydrogen (secondary N) is 1. The van der Waals surface area contributed by atoms with Gasteiger partial charge in [0, 0.05) is 28.7 Å². The smallest absolute Gasteiger partial charge is 0.196 e. The Labute approximate surface area is 180 Å². The zero-order chi connectivity index (χ0) is 21.7. The summed E-state index contributed by atoms with van der Waals surface area (Å²) in [6.07, 6.45) is -0.670. The van der Waals surface area contributed by atoms with E-state index in [-0.39, 0.29) is 23.8 Å². The molecule has 2 N–H and O–H groups in total. The first-order valence-electron chi connectivity index (χ1n) is 10.7. The number of carbonyl (C=O) groups excluding carboxylic acids is 2. The van der Waals surface area contributed by atoms with Gasteiger partial charge in [-0.2, -0.15) is 0 Å². The van der Waals surface area contributed by atoms with E-state index in [0.29, 0.717) is 34.4 Å². The first kappa shape index (κ1) is 18.7. The van der Waals surface area contributed by atoms with Gasteiger partial charge in [0.05, 0.1) is 29.0 Å². The van der Waals surface area contributed by atoms with Crippen molar-refractivity contribution in [3.63, 3.8) is 0 Å². The summed E-state index contributed by atoms with van der Waals surface area (Å²) in [7, 11) is 0. The molecular formula is C26H23NO4. The van der Waals surface area contributed by atoms with Crippen LogP contribution in [0.2, 0.25) is 0 Å². The molecule has 1 unspecified atom stereocenters. The average molecular weight is 413 g/mol. The molecule has 6 rings (SSSR count). The number of carbonyl (C=O) groups is 2. The van der Waals surface area contributed by atoms with Crippen LogP contribution in [0.5, 0.6) is 0 Å². The van der Waals surface area contributed by atoms with Crippen molar-refractivity contribution < 1.29 is 19.4 Å². The van der Waals surface area contributed by atoms with Crippen molar-refractivity contribution >= 4 is 28.0 Å². The Bertz CT molecular complexity index is 1330. The van der Waals surface area contributed by atoms with Crippen molar-refractivity contribution in [1.29, 1.82) is 0 Å². The molecule has 0 amide bonds. The summed E-state index contributed by atoms with van der Waals surface area (Å²) in [6.45, 7) is 5.82. The van der Waals surface area contributed by atoms with Gasteiger partial charge in [-0.15, -0.1) is 0 Å². The molecule has 0 spiro atoms. The molecule has 0 saturated carbocycles. The number of fused-ring (bicyclic) bond motifs is 9. The van der Waals surface area contributed by atoms with Gasteiger partial charge in [0.15, 0.2) is 11.6 Å². The van der Waals surface area contributed by atoms with E-state index in [4.69, 9.17) is 4.74 Å². The maximum absolute atomic E-state index is 13.7. The minimum absolute atomic E-state index is 0.139. The number of ketones is 2. The van der Waals surface area contributed by atoms with Gasteiger partial charge in [0.2, 0.25) is 0 Å². The molecule has 4 atom stereocenters. The summed E-state index contributed by atoms with van der Waals surface area (Å²) in [4.78, 5) is 27.3. The van der Waals surface area contributed by atoms with E-state index in [0.717, 1.165) is 21.9 Å². The predicted molar refractivity (Wildman–Crippen MR) is 118 cm³/mol. The van der Waals surface area contributed by atoms with Crippen LogP contribution in [0.15, 0.2) is 42.5 Å². The van der Waals surface area contributed by atoms with Gasteiger partial charge in [-0.05, 0) is 43.7 Å². The number of ether oxygens (including phenoxy) is 1. The minimum Gasteiger partial charge on any atom is -0.388 e. The highest BCUT2D eigenvalue weighted by molar-refractivity contribution is 6.33. The number of anilines is 1. The molecule has 156 valence electrons. The zero-order valence-electron chi connectivity index (χ0n) is 17.7. The van der Waals surface area contributed by atoms with E-state index in [1.807, 2.05) is 51.1 Å². The van der Waals surface area contributed by atoms with Crippen molar-refractivity contribution in [2.75, 3.05) is 5.32 Å². The first-order valence-corrected chi connectivity index (χ1v) is 10.7. The monoisotopic (exact) mass is 413 g/mol. The van der Waals surface area contributed by atoms with Crippen LogP contribution < -0.4 is 5.32 Å². The Hall–Kier alpha value is -3.02. The number of benzene rings is 3. The van der Waals surface area contributed by atoms with E-state index in [1.165, 1.54) is 0 Å². The summed E-state index contributed by atoms with van der Waals surface area (Å²) in [5.41, 5.74) is 3.67. The third-order valence-electron chi connectivity index (χ3n) is 7.20. The number of hydrogen-bond acceptors (Lipinski definition) is 5. The van der Waals surface area contributed by atoms with Gasteiger partial charge < -0.3 is 15.2 Å². The topological polar surface area (TPSA) is 75.6 Å². The van der Waals surface area contributed by atoms with Crippen molar-refractivity contribution in [1.82, 2.24) is 0 Å². The standard InChI is InChI=1S/C26H23NO4/c1-12-4-6-15-14(10-12)5-7-17-20(15)23(28)18-9-8-16-19-11-26(3,25(30)13(2)31-19)27-22(16)21(18)24(17)29/h4-10,13,19,25,27,30H,11H2,1-3H3/t13-,19?,25-,26+/m0/s1. The normalized spacial score (nSPS) is 28.6. The van der Waals surface area contributed by atoms with E-state index < -0.39 is 11.6 Å². The fourth-order valence-corrected chi connectivity index (χ4v) is 5.60. The van der Waals surface area contributed by atoms with Gasteiger partial charge in [0.25, 0.3) is 0 Å². The number of hydrogen-bond donors (Lipinski definition) is 2. The van der Waals surface area contributed by atoms with Crippen LogP contribution >= 0.6 is 0 Å². The molecule has 2 bridgehead atoms. The summed E-state index contributed by atoms with van der Waals surface area (Å²) >= 11 is 0. The summed E-state index contributed by atoms with van der Waals surface area (Å²) < 4.78 is 6.07. The quantitative estimate of drug-likeness (QED) is 0.449. The fraction of sp³-hybridized carbons (Fsp3) is 0.308. The summed E-state index contributed by atoms with van der Waals surface area (Å²) in [5.74, 6) is -0.304. The number of aryl methyl sites for hydroxylation is 1. The zero-order valence-corrected chi connectivity index (χ0v) is 17.7. The van der Waals surface area contributed by atoms with Crippen LogP contribution in [0.1, 0.15) is 69.3 Å². The predicted octanol–water partition coefficient (Wildman–Crippen LogP) is 4.32. The maximum atomic E-state index is 13.7. The molecular weight excluding hydrogens is 390 g/mol. The average Bonchev–Trinajstić information content (AvgIpc) is 2.74. The lowest BCUT2D eigenvalue weighted by molar-refractivity contribution is -0.142. The molecule has 1 aliphatic carbocycles. The molecule has 3 aliphatic rings.